The van der Waals surface area contributed by atoms with Crippen molar-refractivity contribution in [1.29, 1.82) is 0 Å². The third kappa shape index (κ3) is 3.65. The number of para-hydroxylation sites is 2. The molecule has 2 aromatic carbocycles. The van der Waals surface area contributed by atoms with Gasteiger partial charge < -0.3 is 19.9 Å². The molecule has 124 valence electrons. The van der Waals surface area contributed by atoms with Crippen LogP contribution in [0, 0.1) is 0 Å². The standard InChI is InChI=1S/C18H17NO5/c20-17(16-11-23-14-8-4-5-9-15(14)24-16)19-13(18(21)22)10-12-6-2-1-3-7-12/h1-9,13,16H,10-11H2,(H,19,20)(H,21,22)/t13-,16?/m1/s1. The van der Waals surface area contributed by atoms with Crippen LogP contribution in [0.25, 0.3) is 0 Å². The highest BCUT2D eigenvalue weighted by atomic mass is 16.6. The van der Waals surface area contributed by atoms with Crippen molar-refractivity contribution < 1.29 is 24.2 Å². The molecule has 0 saturated heterocycles. The van der Waals surface area contributed by atoms with Crippen LogP contribution in [0.4, 0.5) is 0 Å². The molecule has 2 N–H and O–H groups in total. The van der Waals surface area contributed by atoms with E-state index in [-0.39, 0.29) is 13.0 Å². The topological polar surface area (TPSA) is 84.9 Å². The minimum atomic E-state index is -1.09. The van der Waals surface area contributed by atoms with Crippen molar-refractivity contribution in [2.45, 2.75) is 18.6 Å². The lowest BCUT2D eigenvalue weighted by Crippen LogP contribution is -2.50. The minimum Gasteiger partial charge on any atom is -0.485 e. The van der Waals surface area contributed by atoms with Gasteiger partial charge in [-0.3, -0.25) is 4.79 Å². The van der Waals surface area contributed by atoms with Gasteiger partial charge in [0, 0.05) is 6.42 Å². The summed E-state index contributed by atoms with van der Waals surface area (Å²) in [4.78, 5) is 23.8. The van der Waals surface area contributed by atoms with Gasteiger partial charge >= 0.3 is 5.97 Å². The van der Waals surface area contributed by atoms with Crippen LogP contribution in [0.15, 0.2) is 54.6 Å². The molecule has 0 bridgehead atoms. The van der Waals surface area contributed by atoms with E-state index in [2.05, 4.69) is 5.32 Å². The summed E-state index contributed by atoms with van der Waals surface area (Å²) in [6.07, 6.45) is -0.677. The molecule has 0 spiro atoms. The summed E-state index contributed by atoms with van der Waals surface area (Å²) in [7, 11) is 0. The highest BCUT2D eigenvalue weighted by Crippen LogP contribution is 2.30. The van der Waals surface area contributed by atoms with Gasteiger partial charge in [0.05, 0.1) is 0 Å². The lowest BCUT2D eigenvalue weighted by molar-refractivity contribution is -0.143. The van der Waals surface area contributed by atoms with Gasteiger partial charge in [-0.15, -0.1) is 0 Å². The van der Waals surface area contributed by atoms with Crippen molar-refractivity contribution in [2.75, 3.05) is 6.61 Å². The molecule has 0 saturated carbocycles. The molecule has 1 aliphatic heterocycles. The van der Waals surface area contributed by atoms with E-state index < -0.39 is 24.0 Å². The Labute approximate surface area is 139 Å². The van der Waals surface area contributed by atoms with Crippen molar-refractivity contribution in [1.82, 2.24) is 5.32 Å². The number of carbonyl (C=O) groups excluding carboxylic acids is 1. The van der Waals surface area contributed by atoms with E-state index in [1.807, 2.05) is 36.4 Å². The normalized spacial score (nSPS) is 16.9. The molecule has 24 heavy (non-hydrogen) atoms. The number of benzene rings is 2. The van der Waals surface area contributed by atoms with E-state index in [1.165, 1.54) is 0 Å². The third-order valence-electron chi connectivity index (χ3n) is 3.70. The lowest BCUT2D eigenvalue weighted by Gasteiger charge is -2.26. The molecule has 0 fully saturated rings. The van der Waals surface area contributed by atoms with Crippen molar-refractivity contribution in [3.05, 3.63) is 60.2 Å². The van der Waals surface area contributed by atoms with Crippen molar-refractivity contribution >= 4 is 11.9 Å². The Kier molecular flexibility index (Phi) is 4.65. The van der Waals surface area contributed by atoms with Crippen LogP contribution in [0.5, 0.6) is 11.5 Å². The molecule has 2 atom stereocenters. The zero-order valence-corrected chi connectivity index (χ0v) is 12.8. The van der Waals surface area contributed by atoms with Gasteiger partial charge in [0.15, 0.2) is 11.5 Å². The molecule has 1 heterocycles. The molecule has 0 aromatic heterocycles. The quantitative estimate of drug-likeness (QED) is 0.872. The van der Waals surface area contributed by atoms with Crippen LogP contribution in [-0.2, 0) is 16.0 Å². The van der Waals surface area contributed by atoms with E-state index in [1.54, 1.807) is 18.2 Å². The van der Waals surface area contributed by atoms with E-state index >= 15 is 0 Å². The second-order valence-corrected chi connectivity index (χ2v) is 5.45. The Bertz CT molecular complexity index is 731. The first-order valence-electron chi connectivity index (χ1n) is 7.59. The Balaban J connectivity index is 1.65. The summed E-state index contributed by atoms with van der Waals surface area (Å²) in [6.45, 7) is 0.0422. The van der Waals surface area contributed by atoms with Gasteiger partial charge in [-0.25, -0.2) is 4.79 Å². The molecule has 3 rings (SSSR count). The predicted molar refractivity (Wildman–Crippen MR) is 86.1 cm³/mol. The predicted octanol–water partition coefficient (Wildman–Crippen LogP) is 1.64. The van der Waals surface area contributed by atoms with Gasteiger partial charge in [-0.05, 0) is 17.7 Å². The van der Waals surface area contributed by atoms with Crippen LogP contribution in [-0.4, -0.2) is 35.7 Å². The van der Waals surface area contributed by atoms with Crippen LogP contribution in [0.2, 0.25) is 0 Å². The molecule has 0 aliphatic carbocycles. The smallest absolute Gasteiger partial charge is 0.326 e. The Morgan fingerprint density at radius 3 is 2.46 bits per heavy atom. The fraction of sp³-hybridized carbons (Fsp3) is 0.222. The summed E-state index contributed by atoms with van der Waals surface area (Å²) in [5.41, 5.74) is 0.830. The first-order valence-corrected chi connectivity index (χ1v) is 7.59. The number of rotatable bonds is 5. The van der Waals surface area contributed by atoms with Gasteiger partial charge in [-0.2, -0.15) is 0 Å². The van der Waals surface area contributed by atoms with E-state index in [4.69, 9.17) is 9.47 Å². The van der Waals surface area contributed by atoms with E-state index in [9.17, 15) is 14.7 Å². The summed E-state index contributed by atoms with van der Waals surface area (Å²) in [5, 5.41) is 11.9. The third-order valence-corrected chi connectivity index (χ3v) is 3.70. The molecule has 2 aromatic rings. The van der Waals surface area contributed by atoms with Gasteiger partial charge in [0.25, 0.3) is 5.91 Å². The number of carboxylic acid groups (broad SMARTS) is 1. The van der Waals surface area contributed by atoms with Crippen molar-refractivity contribution in [3.63, 3.8) is 0 Å². The number of fused-ring (bicyclic) bond motifs is 1. The summed E-state index contributed by atoms with van der Waals surface area (Å²) >= 11 is 0. The second kappa shape index (κ2) is 7.04. The Morgan fingerprint density at radius 1 is 1.08 bits per heavy atom. The average Bonchev–Trinajstić information content (AvgIpc) is 2.61. The molecule has 1 unspecified atom stereocenters. The number of hydrogen-bond acceptors (Lipinski definition) is 4. The molecule has 6 heteroatoms. The van der Waals surface area contributed by atoms with Crippen LogP contribution in [0.3, 0.4) is 0 Å². The molecule has 1 amide bonds. The SMILES string of the molecule is O=C(N[C@H](Cc1ccccc1)C(=O)O)C1COc2ccccc2O1. The Morgan fingerprint density at radius 2 is 1.75 bits per heavy atom. The maximum absolute atomic E-state index is 12.3. The highest BCUT2D eigenvalue weighted by molar-refractivity contribution is 5.87. The van der Waals surface area contributed by atoms with Gasteiger partial charge in [0.2, 0.25) is 6.10 Å². The van der Waals surface area contributed by atoms with E-state index in [0.717, 1.165) is 5.56 Å². The molecule has 6 nitrogen and oxygen atoms in total. The first kappa shape index (κ1) is 15.9. The fourth-order valence-electron chi connectivity index (χ4n) is 2.46. The lowest BCUT2D eigenvalue weighted by atomic mass is 10.1. The number of carboxylic acids is 1. The second-order valence-electron chi connectivity index (χ2n) is 5.45. The molecular formula is C18H17NO5. The molecular weight excluding hydrogens is 310 g/mol. The number of aliphatic carboxylic acids is 1. The van der Waals surface area contributed by atoms with Crippen LogP contribution in [0.1, 0.15) is 5.56 Å². The summed E-state index contributed by atoms with van der Waals surface area (Å²) in [5.74, 6) is -0.559. The van der Waals surface area contributed by atoms with Crippen LogP contribution >= 0.6 is 0 Å². The zero-order valence-electron chi connectivity index (χ0n) is 12.8. The molecule has 0 radical (unpaired) electrons. The average molecular weight is 327 g/mol. The summed E-state index contributed by atoms with van der Waals surface area (Å²) < 4.78 is 11.1. The number of nitrogens with one attached hydrogen (secondary N) is 1. The monoisotopic (exact) mass is 327 g/mol. The fourth-order valence-corrected chi connectivity index (χ4v) is 2.46. The van der Waals surface area contributed by atoms with Gasteiger partial charge in [-0.1, -0.05) is 42.5 Å². The maximum atomic E-state index is 12.3. The molecule has 1 aliphatic rings. The van der Waals surface area contributed by atoms with Crippen molar-refractivity contribution in [2.24, 2.45) is 0 Å². The van der Waals surface area contributed by atoms with E-state index in [0.29, 0.717) is 11.5 Å². The van der Waals surface area contributed by atoms with Gasteiger partial charge in [0.1, 0.15) is 12.6 Å². The number of ether oxygens (including phenoxy) is 2. The number of hydrogen-bond donors (Lipinski definition) is 2. The maximum Gasteiger partial charge on any atom is 0.326 e. The van der Waals surface area contributed by atoms with Crippen LogP contribution < -0.4 is 14.8 Å². The van der Waals surface area contributed by atoms with Crippen molar-refractivity contribution in [3.8, 4) is 11.5 Å². The first-order chi connectivity index (χ1) is 11.6. The zero-order chi connectivity index (χ0) is 16.9. The Hall–Kier alpha value is -3.02. The summed E-state index contributed by atoms with van der Waals surface area (Å²) in [6, 6.07) is 15.1. The largest absolute Gasteiger partial charge is 0.485 e. The number of amides is 1. The highest BCUT2D eigenvalue weighted by Gasteiger charge is 2.30. The number of carbonyl (C=O) groups is 2. The minimum absolute atomic E-state index is 0.0422.